The number of halogens is 1. The number of thiophene rings is 1. The Morgan fingerprint density at radius 1 is 1.23 bits per heavy atom. The minimum atomic E-state index is -3.57. The van der Waals surface area contributed by atoms with Gasteiger partial charge in [0.05, 0.1) is 16.2 Å². The van der Waals surface area contributed by atoms with Crippen LogP contribution in [-0.2, 0) is 27.6 Å². The van der Waals surface area contributed by atoms with E-state index in [1.165, 1.54) is 11.3 Å². The second kappa shape index (κ2) is 10.1. The standard InChI is InChI=1S/C21H27N3O4S2.ClH/c1-13(2)24-10-8-16-17(12-24)29-21(19(16)20(22)26)23-18(25)9-11-30(27,28)15-6-4-14(3)5-7-15;/h4-7,13H,8-12H2,1-3H3,(H2,22,26)(H,23,25);1H. The third-order valence-corrected chi connectivity index (χ3v) is 8.16. The van der Waals surface area contributed by atoms with Crippen molar-refractivity contribution in [3.05, 3.63) is 45.8 Å². The fourth-order valence-corrected chi connectivity index (χ4v) is 6.03. The van der Waals surface area contributed by atoms with Gasteiger partial charge in [0.15, 0.2) is 9.84 Å². The maximum atomic E-state index is 12.5. The smallest absolute Gasteiger partial charge is 0.251 e. The average molecular weight is 486 g/mol. The summed E-state index contributed by atoms with van der Waals surface area (Å²) in [6.45, 7) is 7.64. The van der Waals surface area contributed by atoms with Crippen molar-refractivity contribution in [3.8, 4) is 0 Å². The van der Waals surface area contributed by atoms with Crippen molar-refractivity contribution in [2.45, 2.75) is 51.1 Å². The second-order valence-corrected chi connectivity index (χ2v) is 11.0. The minimum Gasteiger partial charge on any atom is -0.365 e. The number of fused-ring (bicyclic) bond motifs is 1. The Morgan fingerprint density at radius 3 is 2.45 bits per heavy atom. The summed E-state index contributed by atoms with van der Waals surface area (Å²) in [5, 5.41) is 3.13. The van der Waals surface area contributed by atoms with Gasteiger partial charge in [0.25, 0.3) is 5.91 Å². The van der Waals surface area contributed by atoms with Gasteiger partial charge in [-0.15, -0.1) is 23.7 Å². The number of hydrogen-bond acceptors (Lipinski definition) is 6. The maximum absolute atomic E-state index is 12.5. The molecule has 0 radical (unpaired) electrons. The molecular weight excluding hydrogens is 458 g/mol. The van der Waals surface area contributed by atoms with E-state index in [1.54, 1.807) is 24.3 Å². The van der Waals surface area contributed by atoms with Crippen LogP contribution < -0.4 is 11.1 Å². The molecule has 2 aromatic rings. The molecule has 0 bridgehead atoms. The number of amides is 2. The molecule has 1 aliphatic rings. The maximum Gasteiger partial charge on any atom is 0.251 e. The topological polar surface area (TPSA) is 110 Å². The van der Waals surface area contributed by atoms with Crippen LogP contribution >= 0.6 is 23.7 Å². The highest BCUT2D eigenvalue weighted by Gasteiger charge is 2.28. The summed E-state index contributed by atoms with van der Waals surface area (Å²) in [6.07, 6.45) is 0.495. The number of carbonyl (C=O) groups is 2. The lowest BCUT2D eigenvalue weighted by molar-refractivity contribution is -0.115. The molecule has 1 aromatic heterocycles. The van der Waals surface area contributed by atoms with Gasteiger partial charge in [0.2, 0.25) is 5.91 Å². The Hall–Kier alpha value is -1.94. The van der Waals surface area contributed by atoms with Crippen molar-refractivity contribution < 1.29 is 18.0 Å². The molecule has 0 aliphatic carbocycles. The SMILES string of the molecule is Cc1ccc(S(=O)(=O)CCC(=O)Nc2sc3c(c2C(N)=O)CCN(C(C)C)C3)cc1.Cl. The van der Waals surface area contributed by atoms with Gasteiger partial charge in [-0.2, -0.15) is 0 Å². The van der Waals surface area contributed by atoms with Crippen molar-refractivity contribution in [2.24, 2.45) is 5.73 Å². The summed E-state index contributed by atoms with van der Waals surface area (Å²) in [4.78, 5) is 28.0. The molecule has 3 rings (SSSR count). The molecule has 2 heterocycles. The molecule has 1 aliphatic heterocycles. The predicted octanol–water partition coefficient (Wildman–Crippen LogP) is 3.15. The Kier molecular flexibility index (Phi) is 8.27. The van der Waals surface area contributed by atoms with Crippen LogP contribution in [0.4, 0.5) is 5.00 Å². The van der Waals surface area contributed by atoms with Crippen molar-refractivity contribution in [1.82, 2.24) is 4.90 Å². The lowest BCUT2D eigenvalue weighted by Gasteiger charge is -2.30. The van der Waals surface area contributed by atoms with E-state index >= 15 is 0 Å². The van der Waals surface area contributed by atoms with Crippen LogP contribution in [0, 0.1) is 6.92 Å². The van der Waals surface area contributed by atoms with E-state index in [0.29, 0.717) is 29.6 Å². The molecule has 31 heavy (non-hydrogen) atoms. The molecule has 7 nitrogen and oxygen atoms in total. The van der Waals surface area contributed by atoms with Crippen LogP contribution in [0.3, 0.4) is 0 Å². The van der Waals surface area contributed by atoms with E-state index in [4.69, 9.17) is 5.73 Å². The third-order valence-electron chi connectivity index (χ3n) is 5.29. The highest BCUT2D eigenvalue weighted by Crippen LogP contribution is 2.37. The van der Waals surface area contributed by atoms with Gasteiger partial charge >= 0.3 is 0 Å². The van der Waals surface area contributed by atoms with Crippen molar-refractivity contribution in [2.75, 3.05) is 17.6 Å². The van der Waals surface area contributed by atoms with Gasteiger partial charge < -0.3 is 11.1 Å². The van der Waals surface area contributed by atoms with Gasteiger partial charge in [-0.05, 0) is 44.9 Å². The van der Waals surface area contributed by atoms with Gasteiger partial charge in [-0.1, -0.05) is 17.7 Å². The summed E-state index contributed by atoms with van der Waals surface area (Å²) >= 11 is 1.35. The normalized spacial score (nSPS) is 14.1. The first kappa shape index (κ1) is 25.3. The average Bonchev–Trinajstić information content (AvgIpc) is 3.03. The monoisotopic (exact) mass is 485 g/mol. The van der Waals surface area contributed by atoms with E-state index in [1.807, 2.05) is 6.92 Å². The predicted molar refractivity (Wildman–Crippen MR) is 126 cm³/mol. The molecule has 10 heteroatoms. The van der Waals surface area contributed by atoms with Gasteiger partial charge in [0, 0.05) is 30.4 Å². The molecule has 3 N–H and O–H groups in total. The molecule has 0 saturated carbocycles. The number of anilines is 1. The third kappa shape index (κ3) is 5.85. The van der Waals surface area contributed by atoms with E-state index in [0.717, 1.165) is 22.5 Å². The second-order valence-electron chi connectivity index (χ2n) is 7.82. The summed E-state index contributed by atoms with van der Waals surface area (Å²) in [6, 6.07) is 6.91. The fraction of sp³-hybridized carbons (Fsp3) is 0.429. The van der Waals surface area contributed by atoms with Crippen molar-refractivity contribution in [1.29, 1.82) is 0 Å². The number of nitrogens with two attached hydrogens (primary N) is 1. The number of rotatable bonds is 7. The van der Waals surface area contributed by atoms with Crippen LogP contribution in [0.1, 0.15) is 46.6 Å². The van der Waals surface area contributed by atoms with Crippen molar-refractivity contribution >= 4 is 50.4 Å². The number of nitrogens with one attached hydrogen (secondary N) is 1. The Morgan fingerprint density at radius 2 is 1.87 bits per heavy atom. The molecule has 1 aromatic carbocycles. The molecule has 0 saturated heterocycles. The first-order valence-corrected chi connectivity index (χ1v) is 12.3. The summed E-state index contributed by atoms with van der Waals surface area (Å²) < 4.78 is 25.0. The zero-order chi connectivity index (χ0) is 22.1. The molecule has 170 valence electrons. The first-order chi connectivity index (χ1) is 14.1. The number of aryl methyl sites for hydroxylation is 1. The van der Waals surface area contributed by atoms with Gasteiger partial charge in [-0.25, -0.2) is 8.42 Å². The van der Waals surface area contributed by atoms with Crippen molar-refractivity contribution in [3.63, 3.8) is 0 Å². The largest absolute Gasteiger partial charge is 0.365 e. The summed E-state index contributed by atoms with van der Waals surface area (Å²) in [7, 11) is -3.57. The van der Waals surface area contributed by atoms with E-state index in [-0.39, 0.29) is 29.5 Å². The Labute approximate surface area is 193 Å². The van der Waals surface area contributed by atoms with Crippen LogP contribution in [-0.4, -0.2) is 43.5 Å². The molecule has 0 atom stereocenters. The van der Waals surface area contributed by atoms with E-state index in [9.17, 15) is 18.0 Å². The summed E-state index contributed by atoms with van der Waals surface area (Å²) in [5.41, 5.74) is 7.80. The fourth-order valence-electron chi connectivity index (χ4n) is 3.49. The lowest BCUT2D eigenvalue weighted by Crippen LogP contribution is -2.35. The molecular formula is C21H28ClN3O4S2. The van der Waals surface area contributed by atoms with Crippen LogP contribution in [0.15, 0.2) is 29.2 Å². The van der Waals surface area contributed by atoms with E-state index in [2.05, 4.69) is 24.1 Å². The van der Waals surface area contributed by atoms with Crippen LogP contribution in [0.2, 0.25) is 0 Å². The van der Waals surface area contributed by atoms with E-state index < -0.39 is 21.7 Å². The lowest BCUT2D eigenvalue weighted by atomic mass is 10.0. The van der Waals surface area contributed by atoms with Gasteiger partial charge in [-0.3, -0.25) is 14.5 Å². The highest BCUT2D eigenvalue weighted by molar-refractivity contribution is 7.91. The number of primary amides is 1. The molecule has 0 spiro atoms. The number of benzene rings is 1. The van der Waals surface area contributed by atoms with Gasteiger partial charge in [0.1, 0.15) is 5.00 Å². The Balaban J connectivity index is 0.00000341. The number of sulfone groups is 1. The quantitative estimate of drug-likeness (QED) is 0.626. The summed E-state index contributed by atoms with van der Waals surface area (Å²) in [5.74, 6) is -1.33. The zero-order valence-corrected chi connectivity index (χ0v) is 20.3. The van der Waals surface area contributed by atoms with Crippen LogP contribution in [0.5, 0.6) is 0 Å². The zero-order valence-electron chi connectivity index (χ0n) is 17.8. The molecule has 0 unspecified atom stereocenters. The minimum absolute atomic E-state index is 0. The molecule has 0 fully saturated rings. The highest BCUT2D eigenvalue weighted by atomic mass is 35.5. The number of nitrogens with zero attached hydrogens (tertiary/aromatic N) is 1. The molecule has 2 amide bonds. The first-order valence-electron chi connectivity index (χ1n) is 9.86. The Bertz CT molecular complexity index is 1060. The number of carbonyl (C=O) groups excluding carboxylic acids is 2. The van der Waals surface area contributed by atoms with Crippen LogP contribution in [0.25, 0.3) is 0 Å². The number of hydrogen-bond donors (Lipinski definition) is 2.